The molecule has 0 aromatic carbocycles. The third-order valence-electron chi connectivity index (χ3n) is 2.80. The van der Waals surface area contributed by atoms with Crippen molar-refractivity contribution in [2.75, 3.05) is 6.54 Å². The van der Waals surface area contributed by atoms with Gasteiger partial charge in [0.1, 0.15) is 0 Å². The first-order valence-corrected chi connectivity index (χ1v) is 6.08. The summed E-state index contributed by atoms with van der Waals surface area (Å²) in [7, 11) is 0. The average molecular weight is 222 g/mol. The van der Waals surface area contributed by atoms with Gasteiger partial charge in [-0.25, -0.2) is 0 Å². The molecule has 1 N–H and O–H groups in total. The van der Waals surface area contributed by atoms with Gasteiger partial charge in [0, 0.05) is 24.3 Å². The molecule has 1 unspecified atom stereocenters. The molecule has 3 nitrogen and oxygen atoms in total. The molecule has 0 saturated carbocycles. The SMILES string of the molecule is CCCC(Cn1c(C)cccc1=O)NCC. The summed E-state index contributed by atoms with van der Waals surface area (Å²) in [4.78, 5) is 11.7. The van der Waals surface area contributed by atoms with E-state index in [1.807, 2.05) is 23.6 Å². The van der Waals surface area contributed by atoms with Gasteiger partial charge in [-0.2, -0.15) is 0 Å². The Labute approximate surface area is 97.5 Å². The zero-order chi connectivity index (χ0) is 12.0. The van der Waals surface area contributed by atoms with Crippen LogP contribution < -0.4 is 10.9 Å². The van der Waals surface area contributed by atoms with E-state index in [-0.39, 0.29) is 5.56 Å². The van der Waals surface area contributed by atoms with Gasteiger partial charge in [-0.15, -0.1) is 0 Å². The van der Waals surface area contributed by atoms with E-state index in [1.54, 1.807) is 6.07 Å². The number of pyridine rings is 1. The molecule has 16 heavy (non-hydrogen) atoms. The zero-order valence-electron chi connectivity index (χ0n) is 10.5. The van der Waals surface area contributed by atoms with Crippen molar-refractivity contribution in [1.82, 2.24) is 9.88 Å². The van der Waals surface area contributed by atoms with E-state index >= 15 is 0 Å². The standard InChI is InChI=1S/C13H22N2O/c1-4-7-12(14-5-2)10-15-11(3)8-6-9-13(15)16/h6,8-9,12,14H,4-5,7,10H2,1-3H3. The van der Waals surface area contributed by atoms with Gasteiger partial charge in [-0.05, 0) is 26.0 Å². The van der Waals surface area contributed by atoms with Crippen LogP contribution in [0.3, 0.4) is 0 Å². The molecule has 1 aromatic heterocycles. The third-order valence-corrected chi connectivity index (χ3v) is 2.80. The molecule has 0 aliphatic carbocycles. The van der Waals surface area contributed by atoms with E-state index in [0.717, 1.165) is 31.6 Å². The van der Waals surface area contributed by atoms with Gasteiger partial charge in [0.05, 0.1) is 0 Å². The maximum atomic E-state index is 11.7. The van der Waals surface area contributed by atoms with Gasteiger partial charge in [0.2, 0.25) is 0 Å². The Bertz CT molecular complexity index is 364. The number of rotatable bonds is 6. The molecule has 0 fully saturated rings. The highest BCUT2D eigenvalue weighted by Gasteiger charge is 2.08. The Balaban J connectivity index is 2.80. The van der Waals surface area contributed by atoms with Crippen LogP contribution in [-0.2, 0) is 6.54 Å². The fraction of sp³-hybridized carbons (Fsp3) is 0.615. The van der Waals surface area contributed by atoms with Crippen LogP contribution in [0.15, 0.2) is 23.0 Å². The minimum atomic E-state index is 0.0963. The lowest BCUT2D eigenvalue weighted by atomic mass is 10.1. The van der Waals surface area contributed by atoms with E-state index in [1.165, 1.54) is 0 Å². The van der Waals surface area contributed by atoms with E-state index in [4.69, 9.17) is 0 Å². The van der Waals surface area contributed by atoms with E-state index in [0.29, 0.717) is 6.04 Å². The molecule has 90 valence electrons. The predicted octanol–water partition coefficient (Wildman–Crippen LogP) is 1.93. The third kappa shape index (κ3) is 3.49. The average Bonchev–Trinajstić information content (AvgIpc) is 2.24. The molecule has 0 aliphatic rings. The monoisotopic (exact) mass is 222 g/mol. The fourth-order valence-corrected chi connectivity index (χ4v) is 1.97. The molecule has 0 saturated heterocycles. The number of likely N-dealkylation sites (N-methyl/N-ethyl adjacent to an activating group) is 1. The van der Waals surface area contributed by atoms with Gasteiger partial charge < -0.3 is 9.88 Å². The lowest BCUT2D eigenvalue weighted by Gasteiger charge is -2.19. The van der Waals surface area contributed by atoms with Crippen molar-refractivity contribution in [3.05, 3.63) is 34.2 Å². The maximum Gasteiger partial charge on any atom is 0.250 e. The topological polar surface area (TPSA) is 34.0 Å². The van der Waals surface area contributed by atoms with Crippen molar-refractivity contribution in [3.8, 4) is 0 Å². The first kappa shape index (κ1) is 13.0. The van der Waals surface area contributed by atoms with Crippen LogP contribution in [0.5, 0.6) is 0 Å². The van der Waals surface area contributed by atoms with E-state index < -0.39 is 0 Å². The van der Waals surface area contributed by atoms with Crippen LogP contribution in [0.25, 0.3) is 0 Å². The second-order valence-corrected chi connectivity index (χ2v) is 4.16. The van der Waals surface area contributed by atoms with Crippen LogP contribution in [0.1, 0.15) is 32.4 Å². The lowest BCUT2D eigenvalue weighted by Crippen LogP contribution is -2.37. The molecule has 1 atom stereocenters. The van der Waals surface area contributed by atoms with Crippen molar-refractivity contribution in [1.29, 1.82) is 0 Å². The quantitative estimate of drug-likeness (QED) is 0.798. The van der Waals surface area contributed by atoms with Gasteiger partial charge >= 0.3 is 0 Å². The van der Waals surface area contributed by atoms with E-state index in [9.17, 15) is 4.79 Å². The van der Waals surface area contributed by atoms with Crippen LogP contribution in [-0.4, -0.2) is 17.2 Å². The Hall–Kier alpha value is -1.09. The molecular formula is C13H22N2O. The summed E-state index contributed by atoms with van der Waals surface area (Å²) >= 11 is 0. The first-order chi connectivity index (χ1) is 7.69. The van der Waals surface area contributed by atoms with Crippen molar-refractivity contribution in [3.63, 3.8) is 0 Å². The largest absolute Gasteiger partial charge is 0.312 e. The van der Waals surface area contributed by atoms with Gasteiger partial charge in [-0.1, -0.05) is 26.3 Å². The summed E-state index contributed by atoms with van der Waals surface area (Å²) in [6.45, 7) is 7.98. The summed E-state index contributed by atoms with van der Waals surface area (Å²) in [5, 5.41) is 3.43. The van der Waals surface area contributed by atoms with Crippen LogP contribution in [0.2, 0.25) is 0 Å². The second-order valence-electron chi connectivity index (χ2n) is 4.16. The molecule has 1 rings (SSSR count). The van der Waals surface area contributed by atoms with Crippen LogP contribution >= 0.6 is 0 Å². The van der Waals surface area contributed by atoms with Gasteiger partial charge in [-0.3, -0.25) is 4.79 Å². The van der Waals surface area contributed by atoms with E-state index in [2.05, 4.69) is 19.2 Å². The maximum absolute atomic E-state index is 11.7. The minimum absolute atomic E-state index is 0.0963. The normalized spacial score (nSPS) is 12.7. The summed E-state index contributed by atoms with van der Waals surface area (Å²) < 4.78 is 1.85. The first-order valence-electron chi connectivity index (χ1n) is 6.08. The molecule has 3 heteroatoms. The molecule has 0 amide bonds. The minimum Gasteiger partial charge on any atom is -0.312 e. The number of nitrogens with one attached hydrogen (secondary N) is 1. The van der Waals surface area contributed by atoms with Crippen LogP contribution in [0.4, 0.5) is 0 Å². The molecule has 0 bridgehead atoms. The Kier molecular flexibility index (Phi) is 5.26. The number of aromatic nitrogens is 1. The Morgan fingerprint density at radius 1 is 1.38 bits per heavy atom. The lowest BCUT2D eigenvalue weighted by molar-refractivity contribution is 0.419. The Morgan fingerprint density at radius 3 is 2.69 bits per heavy atom. The van der Waals surface area contributed by atoms with Crippen molar-refractivity contribution < 1.29 is 0 Å². The fourth-order valence-electron chi connectivity index (χ4n) is 1.97. The summed E-state index contributed by atoms with van der Waals surface area (Å²) in [6.07, 6.45) is 2.24. The number of hydrogen-bond acceptors (Lipinski definition) is 2. The second kappa shape index (κ2) is 6.48. The highest BCUT2D eigenvalue weighted by atomic mass is 16.1. The zero-order valence-corrected chi connectivity index (χ0v) is 10.5. The highest BCUT2D eigenvalue weighted by molar-refractivity contribution is 5.04. The van der Waals surface area contributed by atoms with Gasteiger partial charge in [0.25, 0.3) is 5.56 Å². The highest BCUT2D eigenvalue weighted by Crippen LogP contribution is 2.02. The molecular weight excluding hydrogens is 200 g/mol. The number of aryl methyl sites for hydroxylation is 1. The molecule has 1 heterocycles. The smallest absolute Gasteiger partial charge is 0.250 e. The molecule has 0 spiro atoms. The molecule has 0 aliphatic heterocycles. The van der Waals surface area contributed by atoms with Crippen molar-refractivity contribution >= 4 is 0 Å². The van der Waals surface area contributed by atoms with Gasteiger partial charge in [0.15, 0.2) is 0 Å². The summed E-state index contributed by atoms with van der Waals surface area (Å²) in [6, 6.07) is 5.82. The predicted molar refractivity (Wildman–Crippen MR) is 67.8 cm³/mol. The number of hydrogen-bond donors (Lipinski definition) is 1. The van der Waals surface area contributed by atoms with Crippen LogP contribution in [0, 0.1) is 6.92 Å². The molecule has 0 radical (unpaired) electrons. The summed E-state index contributed by atoms with van der Waals surface area (Å²) in [5.74, 6) is 0. The summed E-state index contributed by atoms with van der Waals surface area (Å²) in [5.41, 5.74) is 1.13. The molecule has 1 aromatic rings. The van der Waals surface area contributed by atoms with Crippen molar-refractivity contribution in [2.45, 2.75) is 46.2 Å². The number of nitrogens with zero attached hydrogens (tertiary/aromatic N) is 1. The van der Waals surface area contributed by atoms with Crippen molar-refractivity contribution in [2.24, 2.45) is 0 Å². The Morgan fingerprint density at radius 2 is 2.12 bits per heavy atom.